The summed E-state index contributed by atoms with van der Waals surface area (Å²) in [6.07, 6.45) is 7.75. The normalized spacial score (nSPS) is 15.5. The van der Waals surface area contributed by atoms with Gasteiger partial charge in [-0.1, -0.05) is 60.7 Å². The van der Waals surface area contributed by atoms with Crippen LogP contribution in [0.25, 0.3) is 5.65 Å². The van der Waals surface area contributed by atoms with Gasteiger partial charge in [-0.2, -0.15) is 0 Å². The molecule has 1 saturated heterocycles. The zero-order valence-corrected chi connectivity index (χ0v) is 20.2. The largest absolute Gasteiger partial charge is 0.343 e. The summed E-state index contributed by atoms with van der Waals surface area (Å²) in [5, 5.41) is 0. The van der Waals surface area contributed by atoms with E-state index >= 15 is 0 Å². The topological polar surface area (TPSA) is 37.6 Å². The molecule has 0 saturated carbocycles. The van der Waals surface area contributed by atoms with Crippen LogP contribution in [0.15, 0.2) is 79.1 Å². The van der Waals surface area contributed by atoms with Crippen molar-refractivity contribution in [3.05, 3.63) is 107 Å². The first-order valence-corrected chi connectivity index (χ1v) is 12.4. The predicted molar refractivity (Wildman–Crippen MR) is 137 cm³/mol. The summed E-state index contributed by atoms with van der Waals surface area (Å²) in [6.45, 7) is 5.92. The van der Waals surface area contributed by atoms with Crippen LogP contribution in [0.4, 0.5) is 0 Å². The van der Waals surface area contributed by atoms with Crippen LogP contribution >= 0.6 is 0 Å². The fraction of sp³-hybridized carbons (Fsp3) is 0.333. The molecule has 0 aliphatic carbocycles. The highest BCUT2D eigenvalue weighted by Gasteiger charge is 2.28. The van der Waals surface area contributed by atoms with Crippen LogP contribution < -0.4 is 0 Å². The van der Waals surface area contributed by atoms with Gasteiger partial charge in [-0.25, -0.2) is 4.98 Å². The van der Waals surface area contributed by atoms with Crippen LogP contribution in [0.2, 0.25) is 0 Å². The number of piperidine rings is 1. The Kier molecular flexibility index (Phi) is 6.48. The Morgan fingerprint density at radius 3 is 2.41 bits per heavy atom. The maximum Gasteiger partial charge on any atom is 0.223 e. The first kappa shape index (κ1) is 22.4. The van der Waals surface area contributed by atoms with Gasteiger partial charge in [0.25, 0.3) is 0 Å². The minimum absolute atomic E-state index is 0.0208. The highest BCUT2D eigenvalue weighted by molar-refractivity contribution is 5.78. The summed E-state index contributed by atoms with van der Waals surface area (Å²) in [7, 11) is 0. The Bertz CT molecular complexity index is 1270. The number of rotatable bonds is 6. The third-order valence-corrected chi connectivity index (χ3v) is 7.39. The number of likely N-dealkylation sites (tertiary alicyclic amines) is 1. The first-order valence-electron chi connectivity index (χ1n) is 12.4. The number of carbonyl (C=O) groups excluding carboxylic acids is 1. The van der Waals surface area contributed by atoms with Crippen molar-refractivity contribution in [1.29, 1.82) is 0 Å². The van der Waals surface area contributed by atoms with Crippen molar-refractivity contribution >= 4 is 11.6 Å². The molecular weight excluding hydrogens is 418 g/mol. The van der Waals surface area contributed by atoms with Gasteiger partial charge in [0.15, 0.2) is 0 Å². The molecule has 2 aromatic heterocycles. The molecule has 0 bridgehead atoms. The molecular formula is C30H33N3O. The van der Waals surface area contributed by atoms with E-state index in [9.17, 15) is 4.79 Å². The lowest BCUT2D eigenvalue weighted by Crippen LogP contribution is -2.39. The molecule has 0 N–H and O–H groups in total. The number of benzene rings is 2. The summed E-state index contributed by atoms with van der Waals surface area (Å²) < 4.78 is 2.16. The molecule has 4 aromatic rings. The van der Waals surface area contributed by atoms with Crippen LogP contribution in [-0.4, -0.2) is 33.3 Å². The summed E-state index contributed by atoms with van der Waals surface area (Å²) in [5.74, 6) is 0.877. The second kappa shape index (κ2) is 9.84. The second-order valence-corrected chi connectivity index (χ2v) is 9.70. The molecule has 4 heteroatoms. The minimum Gasteiger partial charge on any atom is -0.343 e. The molecule has 1 atom stereocenters. The third-order valence-electron chi connectivity index (χ3n) is 7.39. The van der Waals surface area contributed by atoms with Crippen molar-refractivity contribution in [2.75, 3.05) is 13.1 Å². The van der Waals surface area contributed by atoms with E-state index in [1.807, 2.05) is 6.20 Å². The molecule has 1 fully saturated rings. The van der Waals surface area contributed by atoms with E-state index in [1.165, 1.54) is 16.7 Å². The summed E-state index contributed by atoms with van der Waals surface area (Å²) in [6, 6.07) is 23.3. The number of hydrogen-bond acceptors (Lipinski definition) is 2. The van der Waals surface area contributed by atoms with E-state index in [2.05, 4.69) is 96.1 Å². The van der Waals surface area contributed by atoms with Crippen LogP contribution in [0, 0.1) is 19.8 Å². The van der Waals surface area contributed by atoms with Crippen molar-refractivity contribution < 1.29 is 4.79 Å². The molecule has 1 aliphatic heterocycles. The average Bonchev–Trinajstić information content (AvgIpc) is 3.29. The molecule has 4 nitrogen and oxygen atoms in total. The van der Waals surface area contributed by atoms with Gasteiger partial charge in [-0.3, -0.25) is 4.79 Å². The molecule has 1 amide bonds. The highest BCUT2D eigenvalue weighted by Crippen LogP contribution is 2.33. The number of carbonyl (C=O) groups is 1. The fourth-order valence-corrected chi connectivity index (χ4v) is 5.42. The van der Waals surface area contributed by atoms with Crippen LogP contribution in [0.1, 0.15) is 53.1 Å². The number of hydrogen-bond donors (Lipinski definition) is 0. The van der Waals surface area contributed by atoms with Crippen molar-refractivity contribution in [3.8, 4) is 0 Å². The lowest BCUT2D eigenvalue weighted by Gasteiger charge is -2.33. The van der Waals surface area contributed by atoms with Crippen LogP contribution in [0.5, 0.6) is 0 Å². The molecule has 1 aliphatic rings. The maximum atomic E-state index is 13.6. The maximum absolute atomic E-state index is 13.6. The molecule has 34 heavy (non-hydrogen) atoms. The Hall–Kier alpha value is -3.40. The highest BCUT2D eigenvalue weighted by atomic mass is 16.2. The van der Waals surface area contributed by atoms with Gasteiger partial charge in [0.2, 0.25) is 5.91 Å². The van der Waals surface area contributed by atoms with E-state index in [0.29, 0.717) is 12.3 Å². The molecule has 3 heterocycles. The summed E-state index contributed by atoms with van der Waals surface area (Å²) >= 11 is 0. The van der Waals surface area contributed by atoms with Crippen LogP contribution in [0.3, 0.4) is 0 Å². The van der Waals surface area contributed by atoms with E-state index in [0.717, 1.165) is 49.3 Å². The van der Waals surface area contributed by atoms with Gasteiger partial charge in [0.1, 0.15) is 5.65 Å². The average molecular weight is 452 g/mol. The van der Waals surface area contributed by atoms with Gasteiger partial charge in [-0.15, -0.1) is 0 Å². The van der Waals surface area contributed by atoms with Gasteiger partial charge >= 0.3 is 0 Å². The zero-order chi connectivity index (χ0) is 23.5. The van der Waals surface area contributed by atoms with Crippen molar-refractivity contribution in [3.63, 3.8) is 0 Å². The smallest absolute Gasteiger partial charge is 0.223 e. The molecule has 0 spiro atoms. The molecule has 1 unspecified atom stereocenters. The Morgan fingerprint density at radius 1 is 0.941 bits per heavy atom. The number of nitrogens with zero attached hydrogens (tertiary/aromatic N) is 3. The van der Waals surface area contributed by atoms with Crippen molar-refractivity contribution in [2.45, 2.75) is 45.4 Å². The van der Waals surface area contributed by atoms with E-state index in [4.69, 9.17) is 4.98 Å². The summed E-state index contributed by atoms with van der Waals surface area (Å²) in [4.78, 5) is 20.3. The number of aromatic nitrogens is 2. The number of imidazole rings is 1. The molecule has 5 rings (SSSR count). The number of pyridine rings is 1. The molecule has 0 radical (unpaired) electrons. The van der Waals surface area contributed by atoms with Crippen molar-refractivity contribution in [1.82, 2.24) is 14.3 Å². The summed E-state index contributed by atoms with van der Waals surface area (Å²) in [5.41, 5.74) is 7.01. The Morgan fingerprint density at radius 2 is 1.65 bits per heavy atom. The van der Waals surface area contributed by atoms with E-state index < -0.39 is 0 Å². The van der Waals surface area contributed by atoms with Gasteiger partial charge in [0.05, 0.1) is 5.69 Å². The number of aryl methyl sites for hydroxylation is 2. The lowest BCUT2D eigenvalue weighted by atomic mass is 9.87. The van der Waals surface area contributed by atoms with Crippen LogP contribution in [-0.2, 0) is 11.2 Å². The number of fused-ring (bicyclic) bond motifs is 1. The standard InChI is InChI=1S/C30H33N3O/c1-22-9-6-7-13-26(22)27(28-21-31-30-23(2)10-8-16-33(28)30)20-29(34)32-17-14-25(15-18-32)19-24-11-4-3-5-12-24/h3-13,16,21,25,27H,14-15,17-20H2,1-2H3. The van der Waals surface area contributed by atoms with Gasteiger partial charge < -0.3 is 9.30 Å². The molecule has 174 valence electrons. The zero-order valence-electron chi connectivity index (χ0n) is 20.2. The van der Waals surface area contributed by atoms with E-state index in [1.54, 1.807) is 0 Å². The van der Waals surface area contributed by atoms with Gasteiger partial charge in [0, 0.05) is 37.8 Å². The molecule has 2 aromatic carbocycles. The first-order chi connectivity index (χ1) is 16.6. The Balaban J connectivity index is 1.34. The minimum atomic E-state index is -0.0208. The quantitative estimate of drug-likeness (QED) is 0.363. The monoisotopic (exact) mass is 451 g/mol. The lowest BCUT2D eigenvalue weighted by molar-refractivity contribution is -0.132. The van der Waals surface area contributed by atoms with E-state index in [-0.39, 0.29) is 11.8 Å². The second-order valence-electron chi connectivity index (χ2n) is 9.70. The fourth-order valence-electron chi connectivity index (χ4n) is 5.42. The van der Waals surface area contributed by atoms with Crippen molar-refractivity contribution in [2.24, 2.45) is 5.92 Å². The predicted octanol–water partition coefficient (Wildman–Crippen LogP) is 5.95. The third kappa shape index (κ3) is 4.63. The Labute approximate surface area is 202 Å². The SMILES string of the molecule is Cc1ccccc1C(CC(=O)N1CCC(Cc2ccccc2)CC1)c1cnc2c(C)cccn12. The van der Waals surface area contributed by atoms with Gasteiger partial charge in [-0.05, 0) is 67.3 Å². The number of amides is 1.